The van der Waals surface area contributed by atoms with Crippen LogP contribution in [-0.4, -0.2) is 19.8 Å². The molecule has 5 heteroatoms. The fourth-order valence-corrected chi connectivity index (χ4v) is 1.66. The maximum absolute atomic E-state index is 11.6. The predicted molar refractivity (Wildman–Crippen MR) is 74.6 cm³/mol. The minimum absolute atomic E-state index is 0.316. The van der Waals surface area contributed by atoms with Gasteiger partial charge in [0.2, 0.25) is 0 Å². The molecule has 0 fully saturated rings. The number of methoxy groups -OCH3 is 1. The Labute approximate surface area is 117 Å². The van der Waals surface area contributed by atoms with Crippen LogP contribution < -0.4 is 14.6 Å². The molecule has 1 aromatic carbocycles. The zero-order valence-corrected chi connectivity index (χ0v) is 11.3. The van der Waals surface area contributed by atoms with Gasteiger partial charge in [-0.25, -0.2) is 9.36 Å². The molecule has 0 unspecified atom stereocenters. The third-order valence-electron chi connectivity index (χ3n) is 2.70. The summed E-state index contributed by atoms with van der Waals surface area (Å²) in [5.74, 6) is 0.740. The Morgan fingerprint density at radius 2 is 1.85 bits per heavy atom. The highest BCUT2D eigenvalue weighted by atomic mass is 16.5. The minimum Gasteiger partial charge on any atom is -0.497 e. The van der Waals surface area contributed by atoms with Crippen LogP contribution >= 0.6 is 0 Å². The first kappa shape index (κ1) is 13.9. The molecule has 0 aliphatic carbocycles. The zero-order chi connectivity index (χ0) is 14.2. The van der Waals surface area contributed by atoms with Gasteiger partial charge in [0.05, 0.1) is 7.11 Å². The van der Waals surface area contributed by atoms with Gasteiger partial charge < -0.3 is 9.47 Å². The molecular weight excluding hydrogens is 256 g/mol. The van der Waals surface area contributed by atoms with Gasteiger partial charge in [0.1, 0.15) is 5.75 Å². The van der Waals surface area contributed by atoms with E-state index in [4.69, 9.17) is 9.47 Å². The maximum atomic E-state index is 11.6. The number of rotatable bonds is 5. The van der Waals surface area contributed by atoms with E-state index in [0.717, 1.165) is 5.75 Å². The molecule has 0 aliphatic heterocycles. The molecule has 0 aliphatic rings. The Kier molecular flexibility index (Phi) is 4.94. The Hall–Kier alpha value is -2.56. The molecule has 0 atom stereocenters. The second kappa shape index (κ2) is 7.13. The van der Waals surface area contributed by atoms with Gasteiger partial charge >= 0.3 is 6.09 Å². The predicted octanol–water partition coefficient (Wildman–Crippen LogP) is 2.23. The first-order valence-corrected chi connectivity index (χ1v) is 6.30. The summed E-state index contributed by atoms with van der Waals surface area (Å²) < 4.78 is 12.1. The van der Waals surface area contributed by atoms with Gasteiger partial charge in [-0.3, -0.25) is 5.32 Å². The summed E-state index contributed by atoms with van der Waals surface area (Å²) >= 11 is 0. The van der Waals surface area contributed by atoms with E-state index >= 15 is 0 Å². The number of anilines is 1. The first-order valence-electron chi connectivity index (χ1n) is 6.30. The van der Waals surface area contributed by atoms with Crippen LogP contribution in [0, 0.1) is 0 Å². The number of nitrogens with zero attached hydrogens (tertiary/aromatic N) is 1. The molecule has 104 valence electrons. The smallest absolute Gasteiger partial charge is 0.411 e. The minimum atomic E-state index is -0.466. The summed E-state index contributed by atoms with van der Waals surface area (Å²) in [4.78, 5) is 11.6. The quantitative estimate of drug-likeness (QED) is 0.850. The Balaban J connectivity index is 1.74. The lowest BCUT2D eigenvalue weighted by atomic mass is 10.3. The van der Waals surface area contributed by atoms with Crippen LogP contribution in [0.5, 0.6) is 5.75 Å². The molecule has 1 amide bonds. The van der Waals surface area contributed by atoms with E-state index in [-0.39, 0.29) is 0 Å². The summed E-state index contributed by atoms with van der Waals surface area (Å²) in [5.41, 5.74) is 0.670. The molecule has 0 spiro atoms. The van der Waals surface area contributed by atoms with Crippen molar-refractivity contribution >= 4 is 11.8 Å². The van der Waals surface area contributed by atoms with E-state index in [1.165, 1.54) is 0 Å². The van der Waals surface area contributed by atoms with Crippen LogP contribution in [0.15, 0.2) is 54.9 Å². The molecule has 1 N–H and O–H groups in total. The van der Waals surface area contributed by atoms with Gasteiger partial charge in [-0.2, -0.15) is 0 Å². The number of hydrogen-bond acceptors (Lipinski definition) is 3. The van der Waals surface area contributed by atoms with Crippen molar-refractivity contribution in [1.82, 2.24) is 0 Å². The Morgan fingerprint density at radius 1 is 1.15 bits per heavy atom. The molecule has 5 nitrogen and oxygen atoms in total. The summed E-state index contributed by atoms with van der Waals surface area (Å²) in [6.07, 6.45) is 3.38. The van der Waals surface area contributed by atoms with Crippen LogP contribution in [0.25, 0.3) is 0 Å². The largest absolute Gasteiger partial charge is 0.497 e. The van der Waals surface area contributed by atoms with Gasteiger partial charge in [0, 0.05) is 17.8 Å². The van der Waals surface area contributed by atoms with Crippen molar-refractivity contribution in [2.45, 2.75) is 6.54 Å². The fourth-order valence-electron chi connectivity index (χ4n) is 1.66. The molecule has 2 aromatic rings. The average molecular weight is 273 g/mol. The third-order valence-corrected chi connectivity index (χ3v) is 2.70. The van der Waals surface area contributed by atoms with Crippen molar-refractivity contribution in [2.75, 3.05) is 19.0 Å². The second-order valence-corrected chi connectivity index (χ2v) is 4.10. The zero-order valence-electron chi connectivity index (χ0n) is 11.3. The molecule has 1 heterocycles. The topological polar surface area (TPSA) is 51.4 Å². The summed E-state index contributed by atoms with van der Waals surface area (Å²) in [6, 6.07) is 12.9. The van der Waals surface area contributed by atoms with Gasteiger partial charge in [0.25, 0.3) is 0 Å². The van der Waals surface area contributed by atoms with Gasteiger partial charge in [0.15, 0.2) is 25.5 Å². The number of hydrogen-bond donors (Lipinski definition) is 1. The highest BCUT2D eigenvalue weighted by Crippen LogP contribution is 2.14. The van der Waals surface area contributed by atoms with Gasteiger partial charge in [-0.05, 0) is 24.3 Å². The number of carbonyl (C=O) groups is 1. The number of pyridine rings is 1. The highest BCUT2D eigenvalue weighted by molar-refractivity contribution is 5.84. The highest BCUT2D eigenvalue weighted by Gasteiger charge is 2.05. The SMILES string of the molecule is COc1ccc(NC(=O)OCC[n+]2ccccc2)cc1. The standard InChI is InChI=1S/C15H16N2O3/c1-19-14-7-5-13(6-8-14)16-15(18)20-12-11-17-9-3-2-4-10-17/h2-10H,11-12H2,1H3/p+1. The molecule has 0 bridgehead atoms. The van der Waals surface area contributed by atoms with Crippen molar-refractivity contribution in [3.8, 4) is 5.75 Å². The molecule has 1 aromatic heterocycles. The monoisotopic (exact) mass is 273 g/mol. The average Bonchev–Trinajstić information content (AvgIpc) is 2.49. The third kappa shape index (κ3) is 4.28. The van der Waals surface area contributed by atoms with Crippen molar-refractivity contribution in [3.05, 3.63) is 54.9 Å². The summed E-state index contributed by atoms with van der Waals surface area (Å²) in [5, 5.41) is 2.65. The summed E-state index contributed by atoms with van der Waals surface area (Å²) in [7, 11) is 1.60. The lowest BCUT2D eigenvalue weighted by Crippen LogP contribution is -2.35. The van der Waals surface area contributed by atoms with Crippen LogP contribution in [0.4, 0.5) is 10.5 Å². The van der Waals surface area contributed by atoms with Gasteiger partial charge in [-0.1, -0.05) is 6.07 Å². The first-order chi connectivity index (χ1) is 9.78. The van der Waals surface area contributed by atoms with Crippen molar-refractivity contribution < 1.29 is 18.8 Å². The van der Waals surface area contributed by atoms with Crippen LogP contribution in [0.2, 0.25) is 0 Å². The van der Waals surface area contributed by atoms with Crippen molar-refractivity contribution in [2.24, 2.45) is 0 Å². The van der Waals surface area contributed by atoms with E-state index in [1.807, 2.05) is 35.2 Å². The number of ether oxygens (including phenoxy) is 2. The molecule has 0 radical (unpaired) electrons. The van der Waals surface area contributed by atoms with Gasteiger partial charge in [-0.15, -0.1) is 0 Å². The van der Waals surface area contributed by atoms with E-state index < -0.39 is 6.09 Å². The molecule has 2 rings (SSSR count). The molecule has 0 saturated heterocycles. The number of nitrogens with one attached hydrogen (secondary N) is 1. The van der Waals surface area contributed by atoms with Crippen molar-refractivity contribution in [1.29, 1.82) is 0 Å². The molecule has 20 heavy (non-hydrogen) atoms. The Morgan fingerprint density at radius 3 is 2.50 bits per heavy atom. The number of carbonyl (C=O) groups excluding carboxylic acids is 1. The summed E-state index contributed by atoms with van der Waals surface area (Å²) in [6.45, 7) is 0.938. The van der Waals surface area contributed by atoms with Crippen LogP contribution in [-0.2, 0) is 11.3 Å². The second-order valence-electron chi connectivity index (χ2n) is 4.10. The van der Waals surface area contributed by atoms with Crippen molar-refractivity contribution in [3.63, 3.8) is 0 Å². The van der Waals surface area contributed by atoms with E-state index in [0.29, 0.717) is 18.8 Å². The fraction of sp³-hybridized carbons (Fsp3) is 0.200. The maximum Gasteiger partial charge on any atom is 0.411 e. The van der Waals surface area contributed by atoms with Crippen LogP contribution in [0.3, 0.4) is 0 Å². The molecule has 0 saturated carbocycles. The van der Waals surface area contributed by atoms with E-state index in [9.17, 15) is 4.79 Å². The Bertz CT molecular complexity index is 541. The van der Waals surface area contributed by atoms with E-state index in [2.05, 4.69) is 5.32 Å². The van der Waals surface area contributed by atoms with Crippen LogP contribution in [0.1, 0.15) is 0 Å². The number of amides is 1. The van der Waals surface area contributed by atoms with E-state index in [1.54, 1.807) is 31.4 Å². The lowest BCUT2D eigenvalue weighted by molar-refractivity contribution is -0.697. The number of benzene rings is 1. The number of aromatic nitrogens is 1. The molecular formula is C15H17N2O3+. The lowest BCUT2D eigenvalue weighted by Gasteiger charge is -2.06. The normalized spacial score (nSPS) is 9.85.